The molecule has 0 spiro atoms. The Morgan fingerprint density at radius 2 is 0.875 bits per heavy atom. The van der Waals surface area contributed by atoms with Crippen LogP contribution in [0.3, 0.4) is 0 Å². The van der Waals surface area contributed by atoms with Crippen LogP contribution in [0.25, 0.3) is 0 Å². The molecule has 3 saturated heterocycles. The van der Waals surface area contributed by atoms with Gasteiger partial charge in [0, 0.05) is 25.2 Å². The van der Waals surface area contributed by atoms with Crippen molar-refractivity contribution in [2.24, 2.45) is 23.2 Å². The van der Waals surface area contributed by atoms with E-state index in [0.717, 1.165) is 19.8 Å². The lowest BCUT2D eigenvalue weighted by molar-refractivity contribution is -0.0771. The Morgan fingerprint density at radius 3 is 1.19 bits per heavy atom. The van der Waals surface area contributed by atoms with E-state index in [0.29, 0.717) is 74.2 Å². The van der Waals surface area contributed by atoms with Gasteiger partial charge in [-0.25, -0.2) is 0 Å². The van der Waals surface area contributed by atoms with Crippen LogP contribution in [0, 0.1) is 23.2 Å². The number of epoxide rings is 3. The minimum atomic E-state index is -0.103. The molecule has 0 aromatic rings. The van der Waals surface area contributed by atoms with E-state index in [1.165, 1.54) is 57.8 Å². The number of hydrogen-bond donors (Lipinski definition) is 0. The van der Waals surface area contributed by atoms with Gasteiger partial charge in [0.1, 0.15) is 0 Å². The van der Waals surface area contributed by atoms with Crippen molar-refractivity contribution in [1.29, 1.82) is 0 Å². The molecular weight excluding hydrogens is 408 g/mol. The summed E-state index contributed by atoms with van der Waals surface area (Å²) in [5.41, 5.74) is -0.103. The van der Waals surface area contributed by atoms with Gasteiger partial charge >= 0.3 is 0 Å². The van der Waals surface area contributed by atoms with Crippen molar-refractivity contribution in [3.05, 3.63) is 0 Å². The van der Waals surface area contributed by atoms with E-state index in [2.05, 4.69) is 6.92 Å². The Labute approximate surface area is 193 Å². The van der Waals surface area contributed by atoms with Crippen LogP contribution in [0.5, 0.6) is 0 Å². The van der Waals surface area contributed by atoms with E-state index in [1.54, 1.807) is 0 Å². The van der Waals surface area contributed by atoms with Crippen LogP contribution in [-0.2, 0) is 28.4 Å². The summed E-state index contributed by atoms with van der Waals surface area (Å²) >= 11 is 0. The number of fused-ring (bicyclic) bond motifs is 3. The molecule has 0 bridgehead atoms. The van der Waals surface area contributed by atoms with Crippen molar-refractivity contribution in [1.82, 2.24) is 0 Å². The molecule has 0 aromatic heterocycles. The smallest absolute Gasteiger partial charge is 0.0845 e. The highest BCUT2D eigenvalue weighted by molar-refractivity contribution is 4.93. The molecule has 9 atom stereocenters. The van der Waals surface area contributed by atoms with Gasteiger partial charge in [-0.1, -0.05) is 6.92 Å². The zero-order valence-corrected chi connectivity index (χ0v) is 19.8. The highest BCUT2D eigenvalue weighted by Crippen LogP contribution is 2.41. The van der Waals surface area contributed by atoms with Crippen molar-refractivity contribution in [2.45, 2.75) is 101 Å². The van der Waals surface area contributed by atoms with Crippen LogP contribution in [0.4, 0.5) is 0 Å². The van der Waals surface area contributed by atoms with Gasteiger partial charge < -0.3 is 28.4 Å². The monoisotopic (exact) mass is 450 g/mol. The summed E-state index contributed by atoms with van der Waals surface area (Å²) in [5.74, 6) is 1.94. The molecule has 0 amide bonds. The van der Waals surface area contributed by atoms with Crippen LogP contribution < -0.4 is 0 Å². The zero-order chi connectivity index (χ0) is 21.5. The highest BCUT2D eigenvalue weighted by atomic mass is 16.6. The lowest BCUT2D eigenvalue weighted by atomic mass is 9.89. The van der Waals surface area contributed by atoms with Crippen molar-refractivity contribution in [3.8, 4) is 0 Å². The van der Waals surface area contributed by atoms with Gasteiger partial charge in [-0.3, -0.25) is 0 Å². The van der Waals surface area contributed by atoms with Crippen molar-refractivity contribution in [2.75, 3.05) is 39.6 Å². The quantitative estimate of drug-likeness (QED) is 0.422. The molecule has 182 valence electrons. The van der Waals surface area contributed by atoms with Crippen molar-refractivity contribution in [3.63, 3.8) is 0 Å². The SMILES string of the molecule is CC(COCC1CCC2OC2C1)(COCC1CCC2OC2C1)COCC1CCC2OC2C1. The molecule has 6 aliphatic rings. The number of ether oxygens (including phenoxy) is 6. The largest absolute Gasteiger partial charge is 0.380 e. The third kappa shape index (κ3) is 5.69. The molecule has 3 aliphatic carbocycles. The molecule has 3 aliphatic heterocycles. The van der Waals surface area contributed by atoms with Crippen molar-refractivity contribution >= 4 is 0 Å². The van der Waals surface area contributed by atoms with Crippen LogP contribution in [0.1, 0.15) is 64.7 Å². The third-order valence-corrected chi connectivity index (χ3v) is 8.75. The van der Waals surface area contributed by atoms with Crippen LogP contribution in [0.2, 0.25) is 0 Å². The topological polar surface area (TPSA) is 65.3 Å². The Morgan fingerprint density at radius 1 is 0.531 bits per heavy atom. The Balaban J connectivity index is 0.946. The molecular formula is C26H42O6. The van der Waals surface area contributed by atoms with Gasteiger partial charge in [0.15, 0.2) is 0 Å². The molecule has 3 saturated carbocycles. The van der Waals surface area contributed by atoms with E-state index >= 15 is 0 Å². The fourth-order valence-electron chi connectivity index (χ4n) is 6.46. The normalized spacial score (nSPS) is 45.8. The van der Waals surface area contributed by atoms with Crippen LogP contribution in [-0.4, -0.2) is 76.3 Å². The summed E-state index contributed by atoms with van der Waals surface area (Å²) < 4.78 is 35.9. The summed E-state index contributed by atoms with van der Waals surface area (Å²) in [6, 6.07) is 0. The maximum atomic E-state index is 6.28. The highest BCUT2D eigenvalue weighted by Gasteiger charge is 2.45. The first kappa shape index (κ1) is 22.2. The van der Waals surface area contributed by atoms with Gasteiger partial charge in [-0.05, 0) is 75.5 Å². The minimum absolute atomic E-state index is 0.103. The standard InChI is InChI=1S/C26H42O6/c1-26(14-27-11-17-2-5-20-23(8-17)30-20,15-28-12-18-3-6-21-24(9-18)31-21)16-29-13-19-4-7-22-25(10-19)32-22/h17-25H,2-16H2,1H3. The summed E-state index contributed by atoms with van der Waals surface area (Å²) in [4.78, 5) is 0. The average Bonchev–Trinajstić information content (AvgIpc) is 3.65. The summed E-state index contributed by atoms with van der Waals surface area (Å²) in [7, 11) is 0. The Bertz CT molecular complexity index is 558. The second-order valence-electron chi connectivity index (χ2n) is 12.0. The van der Waals surface area contributed by atoms with E-state index in [1.807, 2.05) is 0 Å². The molecule has 0 aromatic carbocycles. The average molecular weight is 451 g/mol. The van der Waals surface area contributed by atoms with E-state index in [9.17, 15) is 0 Å². The molecule has 0 N–H and O–H groups in total. The second-order valence-corrected chi connectivity index (χ2v) is 12.0. The first-order chi connectivity index (χ1) is 15.6. The second kappa shape index (κ2) is 9.43. The predicted molar refractivity (Wildman–Crippen MR) is 119 cm³/mol. The van der Waals surface area contributed by atoms with Crippen LogP contribution in [0.15, 0.2) is 0 Å². The number of hydrogen-bond acceptors (Lipinski definition) is 6. The summed E-state index contributed by atoms with van der Waals surface area (Å²) in [5, 5.41) is 0. The van der Waals surface area contributed by atoms with Gasteiger partial charge in [0.2, 0.25) is 0 Å². The van der Waals surface area contributed by atoms with Gasteiger partial charge in [-0.2, -0.15) is 0 Å². The molecule has 9 unspecified atom stereocenters. The van der Waals surface area contributed by atoms with Crippen LogP contribution >= 0.6 is 0 Å². The van der Waals surface area contributed by atoms with Crippen molar-refractivity contribution < 1.29 is 28.4 Å². The molecule has 32 heavy (non-hydrogen) atoms. The zero-order valence-electron chi connectivity index (χ0n) is 19.8. The molecule has 6 nitrogen and oxygen atoms in total. The Hall–Kier alpha value is -0.240. The molecule has 6 rings (SSSR count). The molecule has 3 heterocycles. The summed E-state index contributed by atoms with van der Waals surface area (Å²) in [6.07, 6.45) is 14.1. The molecule has 6 heteroatoms. The fourth-order valence-corrected chi connectivity index (χ4v) is 6.46. The predicted octanol–water partition coefficient (Wildman–Crippen LogP) is 3.75. The molecule has 0 radical (unpaired) electrons. The fraction of sp³-hybridized carbons (Fsp3) is 1.00. The maximum Gasteiger partial charge on any atom is 0.0845 e. The number of rotatable bonds is 12. The van der Waals surface area contributed by atoms with E-state index < -0.39 is 0 Å². The first-order valence-corrected chi connectivity index (χ1v) is 13.3. The Kier molecular flexibility index (Phi) is 6.55. The first-order valence-electron chi connectivity index (χ1n) is 13.3. The maximum absolute atomic E-state index is 6.28. The van der Waals surface area contributed by atoms with Gasteiger partial charge in [-0.15, -0.1) is 0 Å². The summed E-state index contributed by atoms with van der Waals surface area (Å²) in [6.45, 7) is 6.91. The van der Waals surface area contributed by atoms with Gasteiger partial charge in [0.05, 0.1) is 56.4 Å². The lowest BCUT2D eigenvalue weighted by Gasteiger charge is -2.32. The third-order valence-electron chi connectivity index (χ3n) is 8.75. The van der Waals surface area contributed by atoms with Gasteiger partial charge in [0.25, 0.3) is 0 Å². The lowest BCUT2D eigenvalue weighted by Crippen LogP contribution is -2.37. The van der Waals surface area contributed by atoms with E-state index in [4.69, 9.17) is 28.4 Å². The molecule has 6 fully saturated rings. The van der Waals surface area contributed by atoms with E-state index in [-0.39, 0.29) is 5.41 Å². The minimum Gasteiger partial charge on any atom is -0.380 e.